The number of benzene rings is 2. The largest absolute Gasteiger partial charge is 0.465 e. The molecule has 0 saturated carbocycles. The lowest BCUT2D eigenvalue weighted by molar-refractivity contribution is 0.0600. The average molecular weight is 304 g/mol. The molecule has 1 N–H and O–H groups in total. The van der Waals surface area contributed by atoms with Gasteiger partial charge in [-0.05, 0) is 36.8 Å². The minimum atomic E-state index is -0.459. The molecule has 5 heteroatoms. The summed E-state index contributed by atoms with van der Waals surface area (Å²) in [5.41, 5.74) is 2.08. The first-order chi connectivity index (χ1) is 10.0. The summed E-state index contributed by atoms with van der Waals surface area (Å²) in [7, 11) is 1.31. The lowest BCUT2D eigenvalue weighted by Gasteiger charge is -2.09. The van der Waals surface area contributed by atoms with Crippen molar-refractivity contribution in [2.24, 2.45) is 0 Å². The molecule has 108 valence electrons. The van der Waals surface area contributed by atoms with E-state index in [4.69, 9.17) is 11.6 Å². The zero-order valence-corrected chi connectivity index (χ0v) is 12.4. The molecular formula is C16H14ClNO3. The predicted molar refractivity (Wildman–Crippen MR) is 81.9 cm³/mol. The van der Waals surface area contributed by atoms with Crippen LogP contribution in [0.25, 0.3) is 0 Å². The second-order valence-electron chi connectivity index (χ2n) is 4.46. The molecule has 0 spiro atoms. The topological polar surface area (TPSA) is 55.4 Å². The number of carbonyl (C=O) groups is 2. The number of esters is 1. The Bertz CT molecular complexity index is 698. The quantitative estimate of drug-likeness (QED) is 0.880. The van der Waals surface area contributed by atoms with Crippen LogP contribution in [0.15, 0.2) is 42.5 Å². The highest BCUT2D eigenvalue weighted by molar-refractivity contribution is 6.35. The first kappa shape index (κ1) is 15.1. The van der Waals surface area contributed by atoms with E-state index >= 15 is 0 Å². The molecular weight excluding hydrogens is 290 g/mol. The van der Waals surface area contributed by atoms with Crippen LogP contribution in [0.3, 0.4) is 0 Å². The van der Waals surface area contributed by atoms with Gasteiger partial charge in [0, 0.05) is 5.69 Å². The first-order valence-electron chi connectivity index (χ1n) is 6.27. The second kappa shape index (κ2) is 6.41. The van der Waals surface area contributed by atoms with Gasteiger partial charge in [-0.2, -0.15) is 0 Å². The van der Waals surface area contributed by atoms with Crippen molar-refractivity contribution in [3.8, 4) is 0 Å². The van der Waals surface area contributed by atoms with Crippen molar-refractivity contribution in [2.75, 3.05) is 12.4 Å². The van der Waals surface area contributed by atoms with E-state index in [1.807, 2.05) is 13.0 Å². The molecule has 4 nitrogen and oxygen atoms in total. The van der Waals surface area contributed by atoms with E-state index in [2.05, 4.69) is 10.1 Å². The fourth-order valence-corrected chi connectivity index (χ4v) is 2.07. The molecule has 2 aromatic rings. The van der Waals surface area contributed by atoms with Gasteiger partial charge in [-0.1, -0.05) is 29.8 Å². The molecule has 0 bridgehead atoms. The molecule has 21 heavy (non-hydrogen) atoms. The summed E-state index contributed by atoms with van der Waals surface area (Å²) in [5, 5.41) is 3.13. The van der Waals surface area contributed by atoms with Crippen molar-refractivity contribution in [1.82, 2.24) is 0 Å². The van der Waals surface area contributed by atoms with Gasteiger partial charge in [0.2, 0.25) is 0 Å². The van der Waals surface area contributed by atoms with Crippen LogP contribution in [0.2, 0.25) is 5.02 Å². The molecule has 0 aliphatic rings. The number of halogens is 1. The molecule has 2 rings (SSSR count). The Hall–Kier alpha value is -2.33. The number of aryl methyl sites for hydroxylation is 1. The lowest BCUT2D eigenvalue weighted by atomic mass is 10.1. The van der Waals surface area contributed by atoms with Gasteiger partial charge < -0.3 is 10.1 Å². The summed E-state index contributed by atoms with van der Waals surface area (Å²) in [6, 6.07) is 11.8. The number of methoxy groups -OCH3 is 1. The summed E-state index contributed by atoms with van der Waals surface area (Å²) >= 11 is 6.12. The molecule has 0 atom stereocenters. The van der Waals surface area contributed by atoms with E-state index in [1.165, 1.54) is 7.11 Å². The maximum Gasteiger partial charge on any atom is 0.337 e. The summed E-state index contributed by atoms with van der Waals surface area (Å²) in [6.07, 6.45) is 0. The number of rotatable bonds is 3. The van der Waals surface area contributed by atoms with Crippen LogP contribution in [-0.4, -0.2) is 19.0 Å². The van der Waals surface area contributed by atoms with E-state index in [9.17, 15) is 9.59 Å². The van der Waals surface area contributed by atoms with Crippen LogP contribution in [0.1, 0.15) is 26.3 Å². The van der Waals surface area contributed by atoms with Crippen LogP contribution in [0.5, 0.6) is 0 Å². The molecule has 0 radical (unpaired) electrons. The monoisotopic (exact) mass is 303 g/mol. The standard InChI is InChI=1S/C16H14ClNO3/c1-10-5-3-8-13(14(10)17)15(19)18-12-7-4-6-11(9-12)16(20)21-2/h3-9H,1-2H3,(H,18,19). The lowest BCUT2D eigenvalue weighted by Crippen LogP contribution is -2.13. The van der Waals surface area contributed by atoms with E-state index in [1.54, 1.807) is 36.4 Å². The normalized spacial score (nSPS) is 10.0. The fraction of sp³-hybridized carbons (Fsp3) is 0.125. The molecule has 0 heterocycles. The molecule has 0 aromatic heterocycles. The van der Waals surface area contributed by atoms with Crippen LogP contribution in [0, 0.1) is 6.92 Å². The molecule has 2 aromatic carbocycles. The van der Waals surface area contributed by atoms with Crippen molar-refractivity contribution in [3.63, 3.8) is 0 Å². The number of ether oxygens (including phenoxy) is 1. The molecule has 0 saturated heterocycles. The van der Waals surface area contributed by atoms with Crippen LogP contribution >= 0.6 is 11.6 Å². The van der Waals surface area contributed by atoms with Gasteiger partial charge in [0.05, 0.1) is 23.3 Å². The fourth-order valence-electron chi connectivity index (χ4n) is 1.86. The SMILES string of the molecule is COC(=O)c1cccc(NC(=O)c2cccc(C)c2Cl)c1. The minimum Gasteiger partial charge on any atom is -0.465 e. The van der Waals surface area contributed by atoms with Crippen molar-refractivity contribution < 1.29 is 14.3 Å². The smallest absolute Gasteiger partial charge is 0.337 e. The van der Waals surface area contributed by atoms with Gasteiger partial charge >= 0.3 is 5.97 Å². The zero-order chi connectivity index (χ0) is 15.4. The Kier molecular flexibility index (Phi) is 4.60. The molecule has 0 aliphatic heterocycles. The highest BCUT2D eigenvalue weighted by Gasteiger charge is 2.13. The van der Waals surface area contributed by atoms with E-state index < -0.39 is 5.97 Å². The predicted octanol–water partition coefficient (Wildman–Crippen LogP) is 3.69. The van der Waals surface area contributed by atoms with Gasteiger partial charge in [0.15, 0.2) is 0 Å². The second-order valence-corrected chi connectivity index (χ2v) is 4.84. The van der Waals surface area contributed by atoms with Crippen molar-refractivity contribution in [3.05, 3.63) is 64.2 Å². The van der Waals surface area contributed by atoms with E-state index in [0.29, 0.717) is 21.8 Å². The number of anilines is 1. The third-order valence-corrected chi connectivity index (χ3v) is 3.48. The molecule has 1 amide bonds. The van der Waals surface area contributed by atoms with Gasteiger partial charge in [-0.25, -0.2) is 4.79 Å². The van der Waals surface area contributed by atoms with Crippen molar-refractivity contribution >= 4 is 29.2 Å². The van der Waals surface area contributed by atoms with Crippen molar-refractivity contribution in [1.29, 1.82) is 0 Å². The number of hydrogen-bond acceptors (Lipinski definition) is 3. The third kappa shape index (κ3) is 3.41. The van der Waals surface area contributed by atoms with E-state index in [-0.39, 0.29) is 5.91 Å². The zero-order valence-electron chi connectivity index (χ0n) is 11.6. The molecule has 0 unspecified atom stereocenters. The molecule has 0 fully saturated rings. The Labute approximate surface area is 127 Å². The maximum atomic E-state index is 12.2. The number of hydrogen-bond donors (Lipinski definition) is 1. The summed E-state index contributed by atoms with van der Waals surface area (Å²) in [6.45, 7) is 1.83. The number of nitrogens with one attached hydrogen (secondary N) is 1. The highest BCUT2D eigenvalue weighted by Crippen LogP contribution is 2.21. The van der Waals surface area contributed by atoms with E-state index in [0.717, 1.165) is 5.56 Å². The Morgan fingerprint density at radius 1 is 1.14 bits per heavy atom. The van der Waals surface area contributed by atoms with Gasteiger partial charge in [-0.3, -0.25) is 4.79 Å². The number of amides is 1. The maximum absolute atomic E-state index is 12.2. The van der Waals surface area contributed by atoms with Crippen LogP contribution < -0.4 is 5.32 Å². The Morgan fingerprint density at radius 3 is 2.57 bits per heavy atom. The Balaban J connectivity index is 2.24. The first-order valence-corrected chi connectivity index (χ1v) is 6.65. The molecule has 0 aliphatic carbocycles. The number of carbonyl (C=O) groups excluding carboxylic acids is 2. The van der Waals surface area contributed by atoms with Gasteiger partial charge in [0.1, 0.15) is 0 Å². The Morgan fingerprint density at radius 2 is 1.86 bits per heavy atom. The average Bonchev–Trinajstić information content (AvgIpc) is 2.49. The van der Waals surface area contributed by atoms with Crippen LogP contribution in [-0.2, 0) is 4.74 Å². The third-order valence-electron chi connectivity index (χ3n) is 2.98. The minimum absolute atomic E-state index is 0.328. The van der Waals surface area contributed by atoms with Crippen LogP contribution in [0.4, 0.5) is 5.69 Å². The van der Waals surface area contributed by atoms with Crippen molar-refractivity contribution in [2.45, 2.75) is 6.92 Å². The van der Waals surface area contributed by atoms with Gasteiger partial charge in [-0.15, -0.1) is 0 Å². The summed E-state index contributed by atoms with van der Waals surface area (Å²) in [4.78, 5) is 23.7. The highest BCUT2D eigenvalue weighted by atomic mass is 35.5. The summed E-state index contributed by atoms with van der Waals surface area (Å²) < 4.78 is 4.64. The summed E-state index contributed by atoms with van der Waals surface area (Å²) in [5.74, 6) is -0.787. The van der Waals surface area contributed by atoms with Gasteiger partial charge in [0.25, 0.3) is 5.91 Å².